The Bertz CT molecular complexity index is 839. The van der Waals surface area contributed by atoms with Gasteiger partial charge in [-0.1, -0.05) is 29.8 Å². The van der Waals surface area contributed by atoms with Crippen LogP contribution in [0.3, 0.4) is 0 Å². The van der Waals surface area contributed by atoms with Gasteiger partial charge < -0.3 is 5.11 Å². The van der Waals surface area contributed by atoms with Gasteiger partial charge in [0.1, 0.15) is 5.75 Å². The van der Waals surface area contributed by atoms with Gasteiger partial charge in [0.25, 0.3) is 11.1 Å². The number of nitrogens with zero attached hydrogens (tertiary/aromatic N) is 1. The highest BCUT2D eigenvalue weighted by atomic mass is 79.9. The Kier molecular flexibility index (Phi) is 4.48. The van der Waals surface area contributed by atoms with Crippen molar-refractivity contribution in [2.24, 2.45) is 0 Å². The first-order valence-electron chi connectivity index (χ1n) is 6.48. The minimum Gasteiger partial charge on any atom is -0.506 e. The summed E-state index contributed by atoms with van der Waals surface area (Å²) in [6, 6.07) is 11.8. The molecule has 2 aromatic carbocycles. The lowest BCUT2D eigenvalue weighted by atomic mass is 10.2. The summed E-state index contributed by atoms with van der Waals surface area (Å²) in [6.07, 6.45) is 1.46. The summed E-state index contributed by atoms with van der Waals surface area (Å²) < 4.78 is 0.415. The number of carbonyl (C=O) groups excluding carboxylic acids is 2. The number of anilines is 1. The number of imide groups is 1. The van der Waals surface area contributed by atoms with Crippen molar-refractivity contribution in [3.63, 3.8) is 0 Å². The van der Waals surface area contributed by atoms with Crippen molar-refractivity contribution in [3.8, 4) is 5.75 Å². The van der Waals surface area contributed by atoms with Crippen LogP contribution < -0.4 is 4.90 Å². The third kappa shape index (κ3) is 3.15. The maximum atomic E-state index is 12.5. The van der Waals surface area contributed by atoms with Gasteiger partial charge in [0.2, 0.25) is 0 Å². The Morgan fingerprint density at radius 1 is 1.17 bits per heavy atom. The topological polar surface area (TPSA) is 57.6 Å². The fourth-order valence-electron chi connectivity index (χ4n) is 2.10. The molecule has 0 radical (unpaired) electrons. The molecule has 23 heavy (non-hydrogen) atoms. The van der Waals surface area contributed by atoms with E-state index < -0.39 is 5.91 Å². The standard InChI is InChI=1S/C16H9BrClNO3S/c17-12-8-10(18)6-9(14(12)20)7-13-15(21)19(16(22)23-13)11-4-2-1-3-5-11/h1-8,20H/b13-7-. The second kappa shape index (κ2) is 6.39. The van der Waals surface area contributed by atoms with Crippen molar-refractivity contribution in [2.75, 3.05) is 4.90 Å². The monoisotopic (exact) mass is 409 g/mol. The van der Waals surface area contributed by atoms with Crippen molar-refractivity contribution < 1.29 is 14.7 Å². The Hall–Kier alpha value is -1.76. The number of halogens is 2. The molecular formula is C16H9BrClNO3S. The largest absolute Gasteiger partial charge is 0.506 e. The smallest absolute Gasteiger partial charge is 0.298 e. The quantitative estimate of drug-likeness (QED) is 0.704. The number of hydrogen-bond donors (Lipinski definition) is 1. The van der Waals surface area contributed by atoms with E-state index in [-0.39, 0.29) is 15.9 Å². The molecule has 0 aromatic heterocycles. The summed E-state index contributed by atoms with van der Waals surface area (Å²) in [4.78, 5) is 26.0. The maximum Gasteiger partial charge on any atom is 0.298 e. The number of benzene rings is 2. The van der Waals surface area contributed by atoms with Gasteiger partial charge in [0.05, 0.1) is 15.1 Å². The molecule has 1 aliphatic rings. The average molecular weight is 411 g/mol. The Balaban J connectivity index is 2.00. The predicted octanol–water partition coefficient (Wildman–Crippen LogP) is 5.05. The van der Waals surface area contributed by atoms with E-state index in [1.807, 2.05) is 0 Å². The molecule has 7 heteroatoms. The summed E-state index contributed by atoms with van der Waals surface area (Å²) in [7, 11) is 0. The Labute approximate surface area is 149 Å². The molecule has 1 heterocycles. The Morgan fingerprint density at radius 3 is 2.57 bits per heavy atom. The number of rotatable bonds is 2. The van der Waals surface area contributed by atoms with Crippen LogP contribution in [0, 0.1) is 0 Å². The van der Waals surface area contributed by atoms with E-state index in [2.05, 4.69) is 15.9 Å². The van der Waals surface area contributed by atoms with E-state index in [1.54, 1.807) is 36.4 Å². The first-order valence-corrected chi connectivity index (χ1v) is 8.47. The van der Waals surface area contributed by atoms with E-state index in [0.29, 0.717) is 20.7 Å². The van der Waals surface area contributed by atoms with Crippen LogP contribution in [-0.4, -0.2) is 16.3 Å². The van der Waals surface area contributed by atoms with Crippen LogP contribution >= 0.6 is 39.3 Å². The lowest BCUT2D eigenvalue weighted by Crippen LogP contribution is -2.27. The van der Waals surface area contributed by atoms with E-state index in [4.69, 9.17) is 11.6 Å². The van der Waals surface area contributed by atoms with Crippen molar-refractivity contribution >= 4 is 62.2 Å². The van der Waals surface area contributed by atoms with Gasteiger partial charge in [-0.15, -0.1) is 0 Å². The van der Waals surface area contributed by atoms with Gasteiger partial charge >= 0.3 is 0 Å². The molecule has 1 saturated heterocycles. The summed E-state index contributed by atoms with van der Waals surface area (Å²) in [6.45, 7) is 0. The molecule has 4 nitrogen and oxygen atoms in total. The SMILES string of the molecule is O=C1S/C(=C\c2cc(Cl)cc(Br)c2O)C(=O)N1c1ccccc1. The Morgan fingerprint density at radius 2 is 1.87 bits per heavy atom. The van der Waals surface area contributed by atoms with Gasteiger partial charge in [0, 0.05) is 10.6 Å². The molecular weight excluding hydrogens is 402 g/mol. The third-order valence-corrected chi connectivity index (χ3v) is 4.84. The molecule has 116 valence electrons. The van der Waals surface area contributed by atoms with Gasteiger partial charge in [-0.05, 0) is 58.0 Å². The number of para-hydroxylation sites is 1. The van der Waals surface area contributed by atoms with Crippen molar-refractivity contribution in [3.05, 3.63) is 62.4 Å². The molecule has 0 unspecified atom stereocenters. The van der Waals surface area contributed by atoms with Crippen molar-refractivity contribution in [2.45, 2.75) is 0 Å². The van der Waals surface area contributed by atoms with E-state index in [0.717, 1.165) is 16.7 Å². The molecule has 0 bridgehead atoms. The molecule has 1 N–H and O–H groups in total. The number of amides is 2. The lowest BCUT2D eigenvalue weighted by Gasteiger charge is -2.11. The molecule has 0 saturated carbocycles. The molecule has 0 atom stereocenters. The van der Waals surface area contributed by atoms with Crippen LogP contribution in [-0.2, 0) is 4.79 Å². The number of thioether (sulfide) groups is 1. The van der Waals surface area contributed by atoms with Gasteiger partial charge in [-0.2, -0.15) is 0 Å². The van der Waals surface area contributed by atoms with Crippen molar-refractivity contribution in [1.29, 1.82) is 0 Å². The average Bonchev–Trinajstić information content (AvgIpc) is 2.79. The van der Waals surface area contributed by atoms with Crippen LogP contribution in [0.25, 0.3) is 6.08 Å². The van der Waals surface area contributed by atoms with Gasteiger partial charge in [0.15, 0.2) is 0 Å². The highest BCUT2D eigenvalue weighted by Gasteiger charge is 2.36. The zero-order valence-corrected chi connectivity index (χ0v) is 14.7. The van der Waals surface area contributed by atoms with Crippen LogP contribution in [0.1, 0.15) is 5.56 Å². The molecule has 1 aliphatic heterocycles. The van der Waals surface area contributed by atoms with E-state index >= 15 is 0 Å². The molecule has 3 rings (SSSR count). The second-order valence-corrected chi connectivity index (χ2v) is 6.96. The second-order valence-electron chi connectivity index (χ2n) is 4.68. The third-order valence-electron chi connectivity index (χ3n) is 3.15. The summed E-state index contributed by atoms with van der Waals surface area (Å²) in [5, 5.41) is 10.1. The molecule has 0 spiro atoms. The van der Waals surface area contributed by atoms with Crippen LogP contribution in [0.15, 0.2) is 51.8 Å². The van der Waals surface area contributed by atoms with E-state index in [9.17, 15) is 14.7 Å². The minimum absolute atomic E-state index is 0.0408. The number of aromatic hydroxyl groups is 1. The summed E-state index contributed by atoms with van der Waals surface area (Å²) in [5.74, 6) is -0.470. The first kappa shape index (κ1) is 16.1. The highest BCUT2D eigenvalue weighted by molar-refractivity contribution is 9.10. The molecule has 1 fully saturated rings. The lowest BCUT2D eigenvalue weighted by molar-refractivity contribution is -0.113. The normalized spacial score (nSPS) is 16.4. The molecule has 2 amide bonds. The van der Waals surface area contributed by atoms with Gasteiger partial charge in [-0.3, -0.25) is 9.59 Å². The number of carbonyl (C=O) groups is 2. The van der Waals surface area contributed by atoms with Crippen LogP contribution in [0.5, 0.6) is 5.75 Å². The summed E-state index contributed by atoms with van der Waals surface area (Å²) in [5.41, 5.74) is 0.873. The fraction of sp³-hybridized carbons (Fsp3) is 0. The molecule has 2 aromatic rings. The fourth-order valence-corrected chi connectivity index (χ4v) is 3.77. The number of hydrogen-bond acceptors (Lipinski definition) is 4. The molecule has 0 aliphatic carbocycles. The number of phenols is 1. The van der Waals surface area contributed by atoms with E-state index in [1.165, 1.54) is 12.1 Å². The number of phenolic OH excluding ortho intramolecular Hbond substituents is 1. The predicted molar refractivity (Wildman–Crippen MR) is 95.7 cm³/mol. The van der Waals surface area contributed by atoms with Crippen LogP contribution in [0.4, 0.5) is 10.5 Å². The minimum atomic E-state index is -0.429. The maximum absolute atomic E-state index is 12.5. The first-order chi connectivity index (χ1) is 11.0. The highest BCUT2D eigenvalue weighted by Crippen LogP contribution is 2.38. The zero-order valence-electron chi connectivity index (χ0n) is 11.5. The van der Waals surface area contributed by atoms with Crippen molar-refractivity contribution in [1.82, 2.24) is 0 Å². The zero-order chi connectivity index (χ0) is 16.6. The van der Waals surface area contributed by atoms with Crippen LogP contribution in [0.2, 0.25) is 5.02 Å². The summed E-state index contributed by atoms with van der Waals surface area (Å²) >= 11 is 9.97. The van der Waals surface area contributed by atoms with Gasteiger partial charge in [-0.25, -0.2) is 4.90 Å².